The van der Waals surface area contributed by atoms with Gasteiger partial charge in [-0.1, -0.05) is 25.0 Å². The molecule has 0 bridgehead atoms. The van der Waals surface area contributed by atoms with Gasteiger partial charge < -0.3 is 4.74 Å². The number of benzene rings is 1. The molecule has 3 rings (SSSR count). The fourth-order valence-corrected chi connectivity index (χ4v) is 3.02. The van der Waals surface area contributed by atoms with Gasteiger partial charge >= 0.3 is 0 Å². The quantitative estimate of drug-likeness (QED) is 0.845. The fourth-order valence-electron chi connectivity index (χ4n) is 3.02. The van der Waals surface area contributed by atoms with Crippen molar-refractivity contribution in [1.29, 1.82) is 0 Å². The zero-order valence-electron chi connectivity index (χ0n) is 11.8. The van der Waals surface area contributed by atoms with Crippen molar-refractivity contribution in [3.05, 3.63) is 29.8 Å². The van der Waals surface area contributed by atoms with E-state index in [9.17, 15) is 4.79 Å². The Morgan fingerprint density at radius 1 is 1.30 bits per heavy atom. The van der Waals surface area contributed by atoms with E-state index in [1.807, 2.05) is 31.2 Å². The highest BCUT2D eigenvalue weighted by Crippen LogP contribution is 2.30. The van der Waals surface area contributed by atoms with Crippen molar-refractivity contribution in [2.24, 2.45) is 5.10 Å². The highest BCUT2D eigenvalue weighted by atomic mass is 16.5. The summed E-state index contributed by atoms with van der Waals surface area (Å²) in [5, 5.41) is 6.30. The molecule has 1 aliphatic heterocycles. The van der Waals surface area contributed by atoms with Crippen molar-refractivity contribution in [1.82, 2.24) is 5.01 Å². The Kier molecular flexibility index (Phi) is 3.72. The molecule has 1 fully saturated rings. The lowest BCUT2D eigenvalue weighted by Crippen LogP contribution is -2.30. The van der Waals surface area contributed by atoms with E-state index in [2.05, 4.69) is 5.10 Å². The van der Waals surface area contributed by atoms with Crippen LogP contribution in [0.4, 0.5) is 0 Å². The van der Waals surface area contributed by atoms with Crippen molar-refractivity contribution in [3.8, 4) is 5.75 Å². The number of rotatable bonds is 4. The van der Waals surface area contributed by atoms with E-state index >= 15 is 0 Å². The third-order valence-electron chi connectivity index (χ3n) is 3.97. The lowest BCUT2D eigenvalue weighted by molar-refractivity contribution is -0.130. The lowest BCUT2D eigenvalue weighted by atomic mass is 10.1. The molecular weight excluding hydrogens is 252 g/mol. The third-order valence-corrected chi connectivity index (χ3v) is 3.97. The molecule has 1 saturated carbocycles. The van der Waals surface area contributed by atoms with Crippen molar-refractivity contribution in [3.63, 3.8) is 0 Å². The van der Waals surface area contributed by atoms with Crippen LogP contribution in [0.25, 0.3) is 0 Å². The molecule has 0 atom stereocenters. The zero-order valence-corrected chi connectivity index (χ0v) is 11.8. The van der Waals surface area contributed by atoms with Crippen LogP contribution in [0.5, 0.6) is 5.75 Å². The van der Waals surface area contributed by atoms with E-state index in [1.54, 1.807) is 5.01 Å². The van der Waals surface area contributed by atoms with Gasteiger partial charge in [-0.05, 0) is 31.9 Å². The average molecular weight is 272 g/mol. The van der Waals surface area contributed by atoms with Crippen LogP contribution >= 0.6 is 0 Å². The molecule has 0 N–H and O–H groups in total. The molecule has 1 aliphatic carbocycles. The van der Waals surface area contributed by atoms with Gasteiger partial charge in [0.2, 0.25) is 5.91 Å². The molecular formula is C16H20N2O2. The van der Waals surface area contributed by atoms with Crippen LogP contribution in [-0.2, 0) is 4.79 Å². The molecule has 106 valence electrons. The fraction of sp³-hybridized carbons (Fsp3) is 0.500. The lowest BCUT2D eigenvalue weighted by Gasteiger charge is -2.19. The van der Waals surface area contributed by atoms with Gasteiger partial charge in [0.15, 0.2) is 0 Å². The van der Waals surface area contributed by atoms with Crippen LogP contribution in [0.3, 0.4) is 0 Å². The van der Waals surface area contributed by atoms with Gasteiger partial charge in [-0.2, -0.15) is 5.10 Å². The van der Waals surface area contributed by atoms with Crippen LogP contribution in [-0.4, -0.2) is 29.3 Å². The summed E-state index contributed by atoms with van der Waals surface area (Å²) in [6.45, 7) is 2.58. The number of ether oxygens (including phenoxy) is 1. The minimum absolute atomic E-state index is 0.123. The first-order valence-electron chi connectivity index (χ1n) is 7.41. The van der Waals surface area contributed by atoms with Gasteiger partial charge in [0.1, 0.15) is 5.75 Å². The number of carbonyl (C=O) groups is 1. The second kappa shape index (κ2) is 5.65. The topological polar surface area (TPSA) is 41.9 Å². The molecule has 2 aliphatic rings. The number of hydrazone groups is 1. The molecule has 1 amide bonds. The summed E-state index contributed by atoms with van der Waals surface area (Å²) in [5.41, 5.74) is 1.79. The smallest absolute Gasteiger partial charge is 0.249 e. The van der Waals surface area contributed by atoms with Gasteiger partial charge in [-0.15, -0.1) is 0 Å². The van der Waals surface area contributed by atoms with Crippen molar-refractivity contribution in [2.45, 2.75) is 45.1 Å². The highest BCUT2D eigenvalue weighted by Gasteiger charge is 2.33. The van der Waals surface area contributed by atoms with E-state index in [0.717, 1.165) is 29.9 Å². The number of hydrogen-bond donors (Lipinski definition) is 0. The second-order valence-corrected chi connectivity index (χ2v) is 5.33. The maximum atomic E-state index is 12.2. The van der Waals surface area contributed by atoms with Crippen molar-refractivity contribution >= 4 is 11.6 Å². The molecule has 0 saturated heterocycles. The zero-order chi connectivity index (χ0) is 13.9. The molecule has 0 aromatic heterocycles. The van der Waals surface area contributed by atoms with Gasteiger partial charge in [0.05, 0.1) is 24.8 Å². The monoisotopic (exact) mass is 272 g/mol. The molecule has 1 heterocycles. The predicted molar refractivity (Wildman–Crippen MR) is 77.9 cm³/mol. The summed E-state index contributed by atoms with van der Waals surface area (Å²) in [7, 11) is 0. The SMILES string of the molecule is CCOc1ccccc1C1=NN(C2CCCC2)C(=O)C1. The van der Waals surface area contributed by atoms with E-state index in [4.69, 9.17) is 4.74 Å². The Morgan fingerprint density at radius 3 is 2.80 bits per heavy atom. The largest absolute Gasteiger partial charge is 0.493 e. The van der Waals surface area contributed by atoms with Gasteiger partial charge in [-0.3, -0.25) is 4.79 Å². The molecule has 0 unspecified atom stereocenters. The Morgan fingerprint density at radius 2 is 2.05 bits per heavy atom. The first-order chi connectivity index (χ1) is 9.79. The summed E-state index contributed by atoms with van der Waals surface area (Å²) in [5.74, 6) is 0.938. The molecule has 0 radical (unpaired) electrons. The van der Waals surface area contributed by atoms with Crippen LogP contribution in [0.1, 0.15) is 44.6 Å². The molecule has 0 spiro atoms. The van der Waals surface area contributed by atoms with Crippen molar-refractivity contribution < 1.29 is 9.53 Å². The molecule has 20 heavy (non-hydrogen) atoms. The second-order valence-electron chi connectivity index (χ2n) is 5.33. The molecule has 4 heteroatoms. The van der Waals surface area contributed by atoms with Gasteiger partial charge in [-0.25, -0.2) is 5.01 Å². The number of amides is 1. The van der Waals surface area contributed by atoms with Crippen LogP contribution in [0.2, 0.25) is 0 Å². The summed E-state index contributed by atoms with van der Waals surface area (Å²) in [6.07, 6.45) is 4.95. The standard InChI is InChI=1S/C16H20N2O2/c1-2-20-15-10-6-5-9-13(15)14-11-16(19)18(17-14)12-7-3-4-8-12/h5-6,9-10,12H,2-4,7-8,11H2,1H3. The molecule has 4 nitrogen and oxygen atoms in total. The highest BCUT2D eigenvalue weighted by molar-refractivity contribution is 6.14. The average Bonchev–Trinajstić information content (AvgIpc) is 3.09. The Labute approximate surface area is 119 Å². The minimum atomic E-state index is 0.123. The first-order valence-corrected chi connectivity index (χ1v) is 7.41. The predicted octanol–water partition coefficient (Wildman–Crippen LogP) is 2.96. The van der Waals surface area contributed by atoms with Crippen LogP contribution in [0, 0.1) is 0 Å². The van der Waals surface area contributed by atoms with E-state index in [0.29, 0.717) is 19.1 Å². The Bertz CT molecular complexity index is 533. The molecule has 1 aromatic carbocycles. The maximum Gasteiger partial charge on any atom is 0.249 e. The Hall–Kier alpha value is -1.84. The van der Waals surface area contributed by atoms with E-state index < -0.39 is 0 Å². The number of hydrogen-bond acceptors (Lipinski definition) is 3. The van der Waals surface area contributed by atoms with Crippen LogP contribution in [0.15, 0.2) is 29.4 Å². The van der Waals surface area contributed by atoms with Gasteiger partial charge in [0.25, 0.3) is 0 Å². The van der Waals surface area contributed by atoms with Crippen molar-refractivity contribution in [2.75, 3.05) is 6.61 Å². The molecule has 1 aromatic rings. The number of nitrogens with zero attached hydrogens (tertiary/aromatic N) is 2. The minimum Gasteiger partial charge on any atom is -0.493 e. The number of para-hydroxylation sites is 1. The van der Waals surface area contributed by atoms with Crippen LogP contribution < -0.4 is 4.74 Å². The van der Waals surface area contributed by atoms with E-state index in [-0.39, 0.29) is 5.91 Å². The summed E-state index contributed by atoms with van der Waals surface area (Å²) >= 11 is 0. The Balaban J connectivity index is 1.87. The summed E-state index contributed by atoms with van der Waals surface area (Å²) in [4.78, 5) is 12.2. The first kappa shape index (κ1) is 13.2. The third kappa shape index (κ3) is 2.42. The van der Waals surface area contributed by atoms with Gasteiger partial charge in [0, 0.05) is 5.56 Å². The number of carbonyl (C=O) groups excluding carboxylic acids is 1. The summed E-state index contributed by atoms with van der Waals surface area (Å²) < 4.78 is 5.63. The van der Waals surface area contributed by atoms with E-state index in [1.165, 1.54) is 12.8 Å². The normalized spacial score (nSPS) is 19.6. The maximum absolute atomic E-state index is 12.2. The summed E-state index contributed by atoms with van der Waals surface area (Å²) in [6, 6.07) is 8.13.